The van der Waals surface area contributed by atoms with Gasteiger partial charge in [0.1, 0.15) is 0 Å². The Kier molecular flexibility index (Phi) is 7.04. The molecule has 25 heavy (non-hydrogen) atoms. The molecule has 2 rings (SSSR count). The molecule has 0 saturated carbocycles. The minimum Gasteiger partial charge on any atom is -0.357 e. The van der Waals surface area contributed by atoms with Crippen LogP contribution in [-0.2, 0) is 20.0 Å². The van der Waals surface area contributed by atoms with Crippen molar-refractivity contribution < 1.29 is 4.52 Å². The maximum Gasteiger partial charge on any atom is 0.228 e. The summed E-state index contributed by atoms with van der Waals surface area (Å²) in [6, 6.07) is 2.12. The topological polar surface area (TPSA) is 71.5 Å². The van der Waals surface area contributed by atoms with Crippen LogP contribution in [0, 0.1) is 0 Å². The summed E-state index contributed by atoms with van der Waals surface area (Å²) in [5.41, 5.74) is 1.21. The molecule has 0 aliphatic rings. The number of halogens is 1. The Morgan fingerprint density at radius 1 is 1.48 bits per heavy atom. The van der Waals surface area contributed by atoms with Crippen LogP contribution >= 0.6 is 15.9 Å². The third-order valence-corrected chi connectivity index (χ3v) is 4.19. The molecule has 2 aromatic heterocycles. The van der Waals surface area contributed by atoms with Crippen LogP contribution in [0.1, 0.15) is 44.1 Å². The fraction of sp³-hybridized carbons (Fsp3) is 0.588. The molecule has 0 atom stereocenters. The van der Waals surface area contributed by atoms with Gasteiger partial charge < -0.3 is 19.3 Å². The van der Waals surface area contributed by atoms with E-state index < -0.39 is 0 Å². The molecule has 7 nitrogen and oxygen atoms in total. The largest absolute Gasteiger partial charge is 0.357 e. The molecule has 8 heteroatoms. The SMILES string of the molecule is CCNC(=NCCc1nc(C(C)C)no1)N(C)Cc1cc(Br)cn1C. The lowest BCUT2D eigenvalue weighted by Crippen LogP contribution is -2.39. The predicted octanol–water partition coefficient (Wildman–Crippen LogP) is 2.93. The Morgan fingerprint density at radius 2 is 2.24 bits per heavy atom. The molecule has 138 valence electrons. The van der Waals surface area contributed by atoms with Gasteiger partial charge >= 0.3 is 0 Å². The average Bonchev–Trinajstić information content (AvgIpc) is 3.13. The first kappa shape index (κ1) is 19.5. The predicted molar refractivity (Wildman–Crippen MR) is 103 cm³/mol. The van der Waals surface area contributed by atoms with Gasteiger partial charge in [0, 0.05) is 49.3 Å². The minimum atomic E-state index is 0.272. The number of nitrogens with zero attached hydrogens (tertiary/aromatic N) is 5. The van der Waals surface area contributed by atoms with Gasteiger partial charge in [0.15, 0.2) is 11.8 Å². The van der Waals surface area contributed by atoms with Crippen molar-refractivity contribution in [2.75, 3.05) is 20.1 Å². The summed E-state index contributed by atoms with van der Waals surface area (Å²) in [6.45, 7) is 8.35. The lowest BCUT2D eigenvalue weighted by atomic mass is 10.2. The summed E-state index contributed by atoms with van der Waals surface area (Å²) in [6.07, 6.45) is 2.69. The second-order valence-electron chi connectivity index (χ2n) is 6.30. The van der Waals surface area contributed by atoms with Crippen LogP contribution in [0.5, 0.6) is 0 Å². The van der Waals surface area contributed by atoms with Crippen molar-refractivity contribution in [1.29, 1.82) is 0 Å². The van der Waals surface area contributed by atoms with Crippen LogP contribution in [0.25, 0.3) is 0 Å². The van der Waals surface area contributed by atoms with E-state index in [4.69, 9.17) is 4.52 Å². The molecule has 2 aromatic rings. The molecule has 0 amide bonds. The van der Waals surface area contributed by atoms with E-state index in [2.05, 4.69) is 65.0 Å². The lowest BCUT2D eigenvalue weighted by molar-refractivity contribution is 0.372. The van der Waals surface area contributed by atoms with E-state index in [0.717, 1.165) is 29.3 Å². The van der Waals surface area contributed by atoms with E-state index in [-0.39, 0.29) is 5.92 Å². The summed E-state index contributed by atoms with van der Waals surface area (Å²) >= 11 is 3.51. The lowest BCUT2D eigenvalue weighted by Gasteiger charge is -2.22. The highest BCUT2D eigenvalue weighted by molar-refractivity contribution is 9.10. The Hall–Kier alpha value is -1.83. The number of aryl methyl sites for hydroxylation is 1. The molecular weight excluding hydrogens is 384 g/mol. The van der Waals surface area contributed by atoms with Crippen molar-refractivity contribution in [1.82, 2.24) is 24.9 Å². The Bertz CT molecular complexity index is 706. The van der Waals surface area contributed by atoms with Gasteiger partial charge in [-0.1, -0.05) is 19.0 Å². The number of aliphatic imine (C=N–C) groups is 1. The fourth-order valence-corrected chi connectivity index (χ4v) is 2.94. The Balaban J connectivity index is 1.97. The van der Waals surface area contributed by atoms with Gasteiger partial charge in [0.05, 0.1) is 13.1 Å². The van der Waals surface area contributed by atoms with E-state index >= 15 is 0 Å². The molecule has 0 fully saturated rings. The molecule has 0 bridgehead atoms. The molecule has 0 spiro atoms. The summed E-state index contributed by atoms with van der Waals surface area (Å²) in [5, 5.41) is 7.31. The zero-order valence-corrected chi connectivity index (χ0v) is 17.2. The first-order chi connectivity index (χ1) is 11.9. The smallest absolute Gasteiger partial charge is 0.228 e. The van der Waals surface area contributed by atoms with Crippen LogP contribution in [-0.4, -0.2) is 45.7 Å². The van der Waals surface area contributed by atoms with Crippen molar-refractivity contribution in [3.8, 4) is 0 Å². The van der Waals surface area contributed by atoms with Crippen LogP contribution in [0.2, 0.25) is 0 Å². The first-order valence-corrected chi connectivity index (χ1v) is 9.32. The second-order valence-corrected chi connectivity index (χ2v) is 7.22. The average molecular weight is 411 g/mol. The number of hydrogen-bond donors (Lipinski definition) is 1. The molecule has 0 aromatic carbocycles. The number of nitrogens with one attached hydrogen (secondary N) is 1. The number of hydrogen-bond acceptors (Lipinski definition) is 4. The summed E-state index contributed by atoms with van der Waals surface area (Å²) in [7, 11) is 4.08. The maximum atomic E-state index is 5.27. The van der Waals surface area contributed by atoms with E-state index in [1.807, 2.05) is 27.9 Å². The van der Waals surface area contributed by atoms with Crippen molar-refractivity contribution in [3.63, 3.8) is 0 Å². The van der Waals surface area contributed by atoms with Crippen molar-refractivity contribution >= 4 is 21.9 Å². The fourth-order valence-electron chi connectivity index (χ4n) is 2.37. The van der Waals surface area contributed by atoms with Gasteiger partial charge in [-0.2, -0.15) is 4.98 Å². The number of aromatic nitrogens is 3. The van der Waals surface area contributed by atoms with Crippen molar-refractivity contribution in [2.45, 2.75) is 39.7 Å². The molecular formula is C17H27BrN6O. The zero-order valence-electron chi connectivity index (χ0n) is 15.6. The van der Waals surface area contributed by atoms with Crippen LogP contribution < -0.4 is 5.32 Å². The van der Waals surface area contributed by atoms with Gasteiger partial charge in [-0.25, -0.2) is 0 Å². The highest BCUT2D eigenvalue weighted by Gasteiger charge is 2.11. The van der Waals surface area contributed by atoms with Gasteiger partial charge in [0.25, 0.3) is 0 Å². The minimum absolute atomic E-state index is 0.272. The third-order valence-electron chi connectivity index (χ3n) is 3.76. The van der Waals surface area contributed by atoms with Crippen LogP contribution in [0.3, 0.4) is 0 Å². The summed E-state index contributed by atoms with van der Waals surface area (Å²) in [5.74, 6) is 2.52. The second kappa shape index (κ2) is 9.03. The molecule has 0 radical (unpaired) electrons. The molecule has 1 N–H and O–H groups in total. The number of rotatable bonds is 7. The van der Waals surface area contributed by atoms with E-state index in [1.165, 1.54) is 5.69 Å². The quantitative estimate of drug-likeness (QED) is 0.560. The highest BCUT2D eigenvalue weighted by Crippen LogP contribution is 2.15. The van der Waals surface area contributed by atoms with Gasteiger partial charge in [-0.3, -0.25) is 4.99 Å². The van der Waals surface area contributed by atoms with Gasteiger partial charge in [0.2, 0.25) is 5.89 Å². The van der Waals surface area contributed by atoms with E-state index in [9.17, 15) is 0 Å². The van der Waals surface area contributed by atoms with Gasteiger partial charge in [-0.05, 0) is 28.9 Å². The molecule has 0 saturated heterocycles. The molecule has 0 aliphatic heterocycles. The summed E-state index contributed by atoms with van der Waals surface area (Å²) in [4.78, 5) is 11.2. The Morgan fingerprint density at radius 3 is 2.80 bits per heavy atom. The maximum absolute atomic E-state index is 5.27. The molecule has 0 unspecified atom stereocenters. The van der Waals surface area contributed by atoms with Crippen LogP contribution in [0.15, 0.2) is 26.3 Å². The molecule has 0 aliphatic carbocycles. The molecule has 2 heterocycles. The summed E-state index contributed by atoms with van der Waals surface area (Å²) < 4.78 is 8.46. The van der Waals surface area contributed by atoms with E-state index in [1.54, 1.807) is 0 Å². The Labute approximate surface area is 157 Å². The van der Waals surface area contributed by atoms with Crippen molar-refractivity contribution in [3.05, 3.63) is 34.1 Å². The number of guanidine groups is 1. The van der Waals surface area contributed by atoms with Crippen LogP contribution in [0.4, 0.5) is 0 Å². The highest BCUT2D eigenvalue weighted by atomic mass is 79.9. The first-order valence-electron chi connectivity index (χ1n) is 8.53. The van der Waals surface area contributed by atoms with E-state index in [0.29, 0.717) is 18.9 Å². The monoisotopic (exact) mass is 410 g/mol. The normalized spacial score (nSPS) is 12.0. The van der Waals surface area contributed by atoms with Gasteiger partial charge in [-0.15, -0.1) is 0 Å². The van der Waals surface area contributed by atoms with Crippen molar-refractivity contribution in [2.24, 2.45) is 12.0 Å². The standard InChI is InChI=1S/C17H27BrN6O/c1-6-19-17(24(5)11-14-9-13(18)10-23(14)4)20-8-7-15-21-16(12(2)3)22-25-15/h9-10,12H,6-8,11H2,1-5H3,(H,19,20). The zero-order chi connectivity index (χ0) is 18.4. The third kappa shape index (κ3) is 5.59.